The lowest BCUT2D eigenvalue weighted by Crippen LogP contribution is -2.47. The zero-order chi connectivity index (χ0) is 20.1. The second-order valence-electron chi connectivity index (χ2n) is 7.47. The van der Waals surface area contributed by atoms with Crippen LogP contribution in [0.3, 0.4) is 0 Å². The first-order chi connectivity index (χ1) is 13.5. The number of carbonyl (C=O) groups is 2. The summed E-state index contributed by atoms with van der Waals surface area (Å²) in [5, 5.41) is 6.21. The molecule has 2 atom stereocenters. The molecule has 3 rings (SSSR count). The van der Waals surface area contributed by atoms with Gasteiger partial charge in [-0.25, -0.2) is 4.98 Å². The Morgan fingerprint density at radius 3 is 2.68 bits per heavy atom. The van der Waals surface area contributed by atoms with Crippen LogP contribution in [0.5, 0.6) is 0 Å². The molecular formula is C21H29N5O2. The fourth-order valence-electron chi connectivity index (χ4n) is 3.59. The summed E-state index contributed by atoms with van der Waals surface area (Å²) >= 11 is 0. The molecule has 0 radical (unpaired) electrons. The van der Waals surface area contributed by atoms with Crippen LogP contribution in [0.4, 0.5) is 5.69 Å². The van der Waals surface area contributed by atoms with E-state index < -0.39 is 0 Å². The minimum absolute atomic E-state index is 0.0435. The van der Waals surface area contributed by atoms with Gasteiger partial charge in [0.1, 0.15) is 5.82 Å². The van der Waals surface area contributed by atoms with Gasteiger partial charge in [0, 0.05) is 44.8 Å². The van der Waals surface area contributed by atoms with E-state index in [-0.39, 0.29) is 23.7 Å². The third-order valence-corrected chi connectivity index (χ3v) is 5.29. The number of nitrogens with one attached hydrogen (secondary N) is 2. The second kappa shape index (κ2) is 9.01. The quantitative estimate of drug-likeness (QED) is 0.800. The minimum atomic E-state index is -0.227. The lowest BCUT2D eigenvalue weighted by molar-refractivity contribution is -0.136. The minimum Gasteiger partial charge on any atom is -0.338 e. The molecule has 1 aliphatic rings. The highest BCUT2D eigenvalue weighted by Crippen LogP contribution is 2.21. The van der Waals surface area contributed by atoms with Crippen molar-refractivity contribution in [3.63, 3.8) is 0 Å². The summed E-state index contributed by atoms with van der Waals surface area (Å²) in [6.07, 6.45) is 4.22. The van der Waals surface area contributed by atoms with Crippen molar-refractivity contribution in [1.82, 2.24) is 19.8 Å². The van der Waals surface area contributed by atoms with Crippen LogP contribution < -0.4 is 10.6 Å². The number of hydrogen-bond donors (Lipinski definition) is 2. The van der Waals surface area contributed by atoms with Gasteiger partial charge in [0.15, 0.2) is 0 Å². The Hall–Kier alpha value is -2.67. The molecule has 1 aromatic heterocycles. The van der Waals surface area contributed by atoms with Gasteiger partial charge in [-0.05, 0) is 32.4 Å². The van der Waals surface area contributed by atoms with Gasteiger partial charge < -0.3 is 20.1 Å². The molecule has 28 heavy (non-hydrogen) atoms. The van der Waals surface area contributed by atoms with Crippen LogP contribution in [-0.4, -0.2) is 46.4 Å². The van der Waals surface area contributed by atoms with Crippen molar-refractivity contribution in [2.45, 2.75) is 33.4 Å². The van der Waals surface area contributed by atoms with Crippen molar-refractivity contribution >= 4 is 17.5 Å². The first kappa shape index (κ1) is 20.1. The van der Waals surface area contributed by atoms with Crippen LogP contribution in [0.25, 0.3) is 0 Å². The maximum absolute atomic E-state index is 12.9. The summed E-state index contributed by atoms with van der Waals surface area (Å²) in [5.41, 5.74) is 1.93. The van der Waals surface area contributed by atoms with Gasteiger partial charge in [-0.15, -0.1) is 0 Å². The van der Waals surface area contributed by atoms with Crippen molar-refractivity contribution in [1.29, 1.82) is 0 Å². The van der Waals surface area contributed by atoms with Crippen LogP contribution in [0, 0.1) is 18.8 Å². The Kier molecular flexibility index (Phi) is 6.46. The van der Waals surface area contributed by atoms with E-state index in [4.69, 9.17) is 0 Å². The third-order valence-electron chi connectivity index (χ3n) is 5.29. The van der Waals surface area contributed by atoms with Gasteiger partial charge in [-0.3, -0.25) is 9.59 Å². The number of anilines is 1. The number of nitrogens with zero attached hydrogens (tertiary/aromatic N) is 3. The average molecular weight is 383 g/mol. The van der Waals surface area contributed by atoms with Gasteiger partial charge in [0.25, 0.3) is 0 Å². The fraction of sp³-hybridized carbons (Fsp3) is 0.476. The number of carbonyl (C=O) groups excluding carboxylic acids is 2. The molecule has 0 unspecified atom stereocenters. The summed E-state index contributed by atoms with van der Waals surface area (Å²) < 4.78 is 2.03. The van der Waals surface area contributed by atoms with Gasteiger partial charge >= 0.3 is 0 Å². The molecule has 0 spiro atoms. The molecule has 2 aromatic rings. The van der Waals surface area contributed by atoms with Crippen molar-refractivity contribution in [3.05, 3.63) is 48.0 Å². The number of rotatable bonds is 6. The van der Waals surface area contributed by atoms with Gasteiger partial charge in [-0.1, -0.05) is 17.7 Å². The van der Waals surface area contributed by atoms with Gasteiger partial charge in [-0.2, -0.15) is 0 Å². The zero-order valence-corrected chi connectivity index (χ0v) is 16.8. The molecular weight excluding hydrogens is 354 g/mol. The molecule has 2 amide bonds. The van der Waals surface area contributed by atoms with Crippen LogP contribution in [0.15, 0.2) is 36.7 Å². The highest BCUT2D eigenvalue weighted by atomic mass is 16.2. The zero-order valence-electron chi connectivity index (χ0n) is 16.8. The summed E-state index contributed by atoms with van der Waals surface area (Å²) in [5.74, 6) is 0.437. The molecule has 2 N–H and O–H groups in total. The van der Waals surface area contributed by atoms with Crippen LogP contribution in [0.1, 0.15) is 24.7 Å². The number of benzene rings is 1. The number of hydrogen-bond acceptors (Lipinski definition) is 4. The van der Waals surface area contributed by atoms with Crippen LogP contribution >= 0.6 is 0 Å². The molecule has 0 bridgehead atoms. The summed E-state index contributed by atoms with van der Waals surface area (Å²) in [6, 6.07) is 7.73. The summed E-state index contributed by atoms with van der Waals surface area (Å²) in [6.45, 7) is 6.54. The topological polar surface area (TPSA) is 79.3 Å². The molecule has 7 heteroatoms. The van der Waals surface area contributed by atoms with Crippen molar-refractivity contribution in [3.8, 4) is 0 Å². The summed E-state index contributed by atoms with van der Waals surface area (Å²) in [7, 11) is 1.80. The Labute approximate surface area is 166 Å². The van der Waals surface area contributed by atoms with Crippen molar-refractivity contribution in [2.24, 2.45) is 11.8 Å². The Balaban J connectivity index is 1.58. The molecule has 2 heterocycles. The van der Waals surface area contributed by atoms with E-state index in [9.17, 15) is 9.59 Å². The molecule has 1 aliphatic heterocycles. The maximum atomic E-state index is 12.9. The second-order valence-corrected chi connectivity index (χ2v) is 7.47. The average Bonchev–Trinajstić information content (AvgIpc) is 3.16. The Bertz CT molecular complexity index is 814. The largest absolute Gasteiger partial charge is 0.338 e. The molecule has 7 nitrogen and oxygen atoms in total. The van der Waals surface area contributed by atoms with Crippen molar-refractivity contribution < 1.29 is 9.59 Å². The SMILES string of the molecule is CCn1ccnc1CN(C)C(=O)[C@@H]1CNC[C@H](C(=O)Nc2ccc(C)cc2)C1. The van der Waals surface area contributed by atoms with Crippen LogP contribution in [-0.2, 0) is 22.7 Å². The lowest BCUT2D eigenvalue weighted by atomic mass is 9.89. The van der Waals surface area contributed by atoms with Crippen LogP contribution in [0.2, 0.25) is 0 Å². The van der Waals surface area contributed by atoms with E-state index in [1.807, 2.05) is 42.0 Å². The van der Waals surface area contributed by atoms with Gasteiger partial charge in [0.05, 0.1) is 18.4 Å². The lowest BCUT2D eigenvalue weighted by Gasteiger charge is -2.31. The molecule has 1 aromatic carbocycles. The highest BCUT2D eigenvalue weighted by molar-refractivity contribution is 5.93. The van der Waals surface area contributed by atoms with E-state index >= 15 is 0 Å². The number of aromatic nitrogens is 2. The monoisotopic (exact) mass is 383 g/mol. The van der Waals surface area contributed by atoms with Gasteiger partial charge in [0.2, 0.25) is 11.8 Å². The van der Waals surface area contributed by atoms with E-state index in [0.29, 0.717) is 26.1 Å². The molecule has 0 saturated carbocycles. The maximum Gasteiger partial charge on any atom is 0.228 e. The first-order valence-electron chi connectivity index (χ1n) is 9.81. The number of amides is 2. The number of imidazole rings is 1. The number of piperidine rings is 1. The smallest absolute Gasteiger partial charge is 0.228 e. The first-order valence-corrected chi connectivity index (χ1v) is 9.81. The van der Waals surface area contributed by atoms with E-state index in [0.717, 1.165) is 23.6 Å². The fourth-order valence-corrected chi connectivity index (χ4v) is 3.59. The number of aryl methyl sites for hydroxylation is 2. The predicted molar refractivity (Wildman–Crippen MR) is 109 cm³/mol. The molecule has 0 aliphatic carbocycles. The van der Waals surface area contributed by atoms with E-state index in [1.165, 1.54) is 0 Å². The molecule has 1 fully saturated rings. The van der Waals surface area contributed by atoms with E-state index in [2.05, 4.69) is 22.5 Å². The Morgan fingerprint density at radius 2 is 1.96 bits per heavy atom. The van der Waals surface area contributed by atoms with E-state index in [1.54, 1.807) is 18.1 Å². The molecule has 150 valence electrons. The third kappa shape index (κ3) is 4.78. The standard InChI is InChI=1S/C21H29N5O2/c1-4-26-10-9-23-19(26)14-25(3)21(28)17-11-16(12-22-13-17)20(27)24-18-7-5-15(2)6-8-18/h5-10,16-17,22H,4,11-14H2,1-3H3,(H,24,27)/t16-,17+/m1/s1. The predicted octanol–water partition coefficient (Wildman–Crippen LogP) is 2.03. The molecule has 1 saturated heterocycles. The van der Waals surface area contributed by atoms with Crippen molar-refractivity contribution in [2.75, 3.05) is 25.5 Å². The summed E-state index contributed by atoms with van der Waals surface area (Å²) in [4.78, 5) is 31.6. The highest BCUT2D eigenvalue weighted by Gasteiger charge is 2.32. The normalized spacial score (nSPS) is 19.2. The Morgan fingerprint density at radius 1 is 1.25 bits per heavy atom.